The number of carbonyl (C=O) groups excluding carboxylic acids is 4. The van der Waals surface area contributed by atoms with Crippen LogP contribution in [-0.4, -0.2) is 51.3 Å². The second kappa shape index (κ2) is 9.30. The van der Waals surface area contributed by atoms with Crippen molar-refractivity contribution >= 4 is 46.9 Å². The maximum absolute atomic E-state index is 14.3. The number of hydrogen-bond acceptors (Lipinski definition) is 6. The molecule has 3 fully saturated rings. The van der Waals surface area contributed by atoms with E-state index in [2.05, 4.69) is 0 Å². The van der Waals surface area contributed by atoms with Gasteiger partial charge in [-0.3, -0.25) is 28.9 Å². The number of amides is 4. The molecule has 40 heavy (non-hydrogen) atoms. The lowest BCUT2D eigenvalue weighted by Crippen LogP contribution is -2.49. The highest BCUT2D eigenvalue weighted by atomic mass is 35.5. The van der Waals surface area contributed by atoms with E-state index in [4.69, 9.17) is 16.7 Å². The third-order valence-corrected chi connectivity index (χ3v) is 9.55. The quantitative estimate of drug-likeness (QED) is 0.419. The largest absolute Gasteiger partial charge is 0.508 e. The fourth-order valence-electron chi connectivity index (χ4n) is 7.43. The summed E-state index contributed by atoms with van der Waals surface area (Å²) in [7, 11) is 0. The molecule has 2 aliphatic heterocycles. The standard InChI is InChI=1S/C30H27ClN2O7/c1-30-21(27(38)33(29(30)40)15-5-3-2-4-6-15)14-20-17(25(30)18-8-7-16(34)13-22(18)31)9-10-19-24(20)28(39)32(26(19)37)12-11-23(35)36/h2-9,13,19-21,24-25,34H,10-12,14H2,1H3,(H,35,36). The van der Waals surface area contributed by atoms with Gasteiger partial charge in [0, 0.05) is 17.5 Å². The van der Waals surface area contributed by atoms with Crippen LogP contribution in [0.3, 0.4) is 0 Å². The normalized spacial score (nSPS) is 31.1. The second-order valence-electron chi connectivity index (χ2n) is 11.2. The number of rotatable bonds is 5. The van der Waals surface area contributed by atoms with E-state index in [0.717, 1.165) is 10.5 Å². The van der Waals surface area contributed by atoms with Crippen molar-refractivity contribution in [3.05, 3.63) is 70.8 Å². The molecule has 4 aliphatic rings. The van der Waals surface area contributed by atoms with Crippen LogP contribution in [0.2, 0.25) is 5.02 Å². The average molecular weight is 563 g/mol. The van der Waals surface area contributed by atoms with Crippen LogP contribution in [0.1, 0.15) is 37.7 Å². The van der Waals surface area contributed by atoms with Crippen molar-refractivity contribution in [3.63, 3.8) is 0 Å². The third kappa shape index (κ3) is 3.63. The molecule has 6 unspecified atom stereocenters. The Morgan fingerprint density at radius 3 is 2.42 bits per heavy atom. The molecule has 0 radical (unpaired) electrons. The van der Waals surface area contributed by atoms with Gasteiger partial charge in [0.1, 0.15) is 5.75 Å². The minimum absolute atomic E-state index is 0.0501. The van der Waals surface area contributed by atoms with Crippen LogP contribution < -0.4 is 4.90 Å². The van der Waals surface area contributed by atoms with E-state index in [0.29, 0.717) is 11.3 Å². The SMILES string of the molecule is CC12C(=O)N(c3ccccc3)C(=O)C1CC1C(=CCC3C(=O)N(CCC(=O)O)C(=O)C31)C2c1ccc(O)cc1Cl. The van der Waals surface area contributed by atoms with Crippen LogP contribution in [-0.2, 0) is 24.0 Å². The predicted molar refractivity (Wildman–Crippen MR) is 143 cm³/mol. The zero-order valence-electron chi connectivity index (χ0n) is 21.6. The highest BCUT2D eigenvalue weighted by Crippen LogP contribution is 2.64. The molecule has 2 N–H and O–H groups in total. The van der Waals surface area contributed by atoms with Crippen LogP contribution in [0.4, 0.5) is 5.69 Å². The maximum Gasteiger partial charge on any atom is 0.305 e. The molecule has 2 aromatic rings. The Morgan fingerprint density at radius 1 is 1.02 bits per heavy atom. The lowest BCUT2D eigenvalue weighted by Gasteiger charge is -2.49. The Balaban J connectivity index is 1.49. The Bertz CT molecular complexity index is 1500. The van der Waals surface area contributed by atoms with E-state index in [-0.39, 0.29) is 48.4 Å². The molecular weight excluding hydrogens is 536 g/mol. The van der Waals surface area contributed by atoms with Crippen LogP contribution >= 0.6 is 11.6 Å². The molecule has 2 saturated heterocycles. The third-order valence-electron chi connectivity index (χ3n) is 9.22. The summed E-state index contributed by atoms with van der Waals surface area (Å²) in [6, 6.07) is 13.2. The molecule has 0 spiro atoms. The van der Waals surface area contributed by atoms with Gasteiger partial charge in [0.05, 0.1) is 35.3 Å². The van der Waals surface area contributed by atoms with E-state index in [9.17, 15) is 29.1 Å². The molecule has 0 aromatic heterocycles. The first-order valence-electron chi connectivity index (χ1n) is 13.2. The fourth-order valence-corrected chi connectivity index (χ4v) is 7.71. The Kier molecular flexibility index (Phi) is 6.10. The smallest absolute Gasteiger partial charge is 0.305 e. The molecule has 1 saturated carbocycles. The lowest BCUT2D eigenvalue weighted by atomic mass is 9.51. The summed E-state index contributed by atoms with van der Waals surface area (Å²) < 4.78 is 0. The minimum atomic E-state index is -1.24. The summed E-state index contributed by atoms with van der Waals surface area (Å²) in [5.41, 5.74) is 0.532. The van der Waals surface area contributed by atoms with Gasteiger partial charge in [-0.15, -0.1) is 0 Å². The van der Waals surface area contributed by atoms with Gasteiger partial charge in [-0.2, -0.15) is 0 Å². The van der Waals surface area contributed by atoms with Crippen LogP contribution in [0.5, 0.6) is 5.75 Å². The van der Waals surface area contributed by atoms with Gasteiger partial charge < -0.3 is 10.2 Å². The monoisotopic (exact) mass is 562 g/mol. The number of carbonyl (C=O) groups is 5. The highest BCUT2D eigenvalue weighted by molar-refractivity contribution is 6.32. The summed E-state index contributed by atoms with van der Waals surface area (Å²) >= 11 is 6.66. The summed E-state index contributed by atoms with van der Waals surface area (Å²) in [4.78, 5) is 68.6. The summed E-state index contributed by atoms with van der Waals surface area (Å²) in [6.45, 7) is 1.55. The van der Waals surface area contributed by atoms with Crippen molar-refractivity contribution < 1.29 is 34.2 Å². The van der Waals surface area contributed by atoms with E-state index in [1.54, 1.807) is 43.3 Å². The zero-order valence-corrected chi connectivity index (χ0v) is 22.4. The fraction of sp³-hybridized carbons (Fsp3) is 0.367. The minimum Gasteiger partial charge on any atom is -0.508 e. The number of benzene rings is 2. The van der Waals surface area contributed by atoms with Crippen molar-refractivity contribution in [1.82, 2.24) is 4.90 Å². The van der Waals surface area contributed by atoms with Gasteiger partial charge >= 0.3 is 5.97 Å². The van der Waals surface area contributed by atoms with Crippen molar-refractivity contribution in [2.24, 2.45) is 29.1 Å². The lowest BCUT2D eigenvalue weighted by molar-refractivity contribution is -0.142. The molecule has 9 nitrogen and oxygen atoms in total. The molecule has 0 bridgehead atoms. The first-order valence-corrected chi connectivity index (χ1v) is 13.6. The van der Waals surface area contributed by atoms with E-state index in [1.807, 2.05) is 6.08 Å². The van der Waals surface area contributed by atoms with Crippen molar-refractivity contribution in [2.75, 3.05) is 11.4 Å². The number of phenols is 1. The number of phenolic OH excluding ortho intramolecular Hbond substituents is 1. The van der Waals surface area contributed by atoms with Crippen LogP contribution in [0.25, 0.3) is 0 Å². The van der Waals surface area contributed by atoms with Gasteiger partial charge in [0.25, 0.3) is 0 Å². The first kappa shape index (κ1) is 26.3. The number of halogens is 1. The molecule has 10 heteroatoms. The maximum atomic E-state index is 14.3. The molecular formula is C30H27ClN2O7. The van der Waals surface area contributed by atoms with Crippen molar-refractivity contribution in [2.45, 2.75) is 32.1 Å². The molecule has 6 atom stereocenters. The molecule has 2 aromatic carbocycles. The van der Waals surface area contributed by atoms with E-state index >= 15 is 0 Å². The van der Waals surface area contributed by atoms with E-state index < -0.39 is 52.8 Å². The number of anilines is 1. The van der Waals surface area contributed by atoms with E-state index in [1.165, 1.54) is 17.0 Å². The van der Waals surface area contributed by atoms with Crippen LogP contribution in [0, 0.1) is 29.1 Å². The Labute approximate surface area is 235 Å². The number of aromatic hydroxyl groups is 1. The predicted octanol–water partition coefficient (Wildman–Crippen LogP) is 3.75. The number of allylic oxidation sites excluding steroid dienone is 2. The van der Waals surface area contributed by atoms with Gasteiger partial charge in [-0.25, -0.2) is 4.90 Å². The van der Waals surface area contributed by atoms with Crippen LogP contribution in [0.15, 0.2) is 60.2 Å². The topological polar surface area (TPSA) is 132 Å². The Hall–Kier alpha value is -3.98. The number of imide groups is 2. The summed E-state index contributed by atoms with van der Waals surface area (Å²) in [5.74, 6) is -6.19. The average Bonchev–Trinajstić information content (AvgIpc) is 3.28. The number of carboxylic acid groups (broad SMARTS) is 1. The first-order chi connectivity index (χ1) is 19.1. The number of aliphatic carboxylic acids is 1. The number of carboxylic acids is 1. The molecule has 206 valence electrons. The van der Waals surface area contributed by atoms with Gasteiger partial charge in [-0.1, -0.05) is 47.5 Å². The van der Waals surface area contributed by atoms with Gasteiger partial charge in [0.2, 0.25) is 23.6 Å². The van der Waals surface area contributed by atoms with Gasteiger partial charge in [-0.05, 0) is 55.5 Å². The number of para-hydroxylation sites is 1. The highest BCUT2D eigenvalue weighted by Gasteiger charge is 2.67. The summed E-state index contributed by atoms with van der Waals surface area (Å²) in [5, 5.41) is 19.4. The number of hydrogen-bond donors (Lipinski definition) is 2. The Morgan fingerprint density at radius 2 is 1.75 bits per heavy atom. The van der Waals surface area contributed by atoms with Crippen molar-refractivity contribution in [3.8, 4) is 5.75 Å². The summed E-state index contributed by atoms with van der Waals surface area (Å²) in [6.07, 6.45) is 1.99. The van der Waals surface area contributed by atoms with Crippen molar-refractivity contribution in [1.29, 1.82) is 0 Å². The molecule has 4 amide bonds. The molecule has 6 rings (SSSR count). The zero-order chi connectivity index (χ0) is 28.5. The number of nitrogens with zero attached hydrogens (tertiary/aromatic N) is 2. The number of likely N-dealkylation sites (tertiary alicyclic amines) is 1. The molecule has 2 aliphatic carbocycles. The number of fused-ring (bicyclic) bond motifs is 4. The molecule has 2 heterocycles. The van der Waals surface area contributed by atoms with Gasteiger partial charge in [0.15, 0.2) is 0 Å². The second-order valence-corrected chi connectivity index (χ2v) is 11.6.